The van der Waals surface area contributed by atoms with Gasteiger partial charge in [0.2, 0.25) is 15.9 Å². The Morgan fingerprint density at radius 2 is 1.69 bits per heavy atom. The van der Waals surface area contributed by atoms with Crippen molar-refractivity contribution in [3.8, 4) is 11.1 Å². The predicted octanol–water partition coefficient (Wildman–Crippen LogP) is 3.25. The number of pyridine rings is 1. The Morgan fingerprint density at radius 1 is 1.03 bits per heavy atom. The fraction of sp³-hybridized carbons (Fsp3) is 0.0455. The van der Waals surface area contributed by atoms with Crippen molar-refractivity contribution in [3.05, 3.63) is 83.0 Å². The number of primary amides is 1. The maximum atomic E-state index is 13.0. The highest BCUT2D eigenvalue weighted by atomic mass is 79.9. The average molecular weight is 515 g/mol. The van der Waals surface area contributed by atoms with Crippen molar-refractivity contribution in [2.45, 2.75) is 11.8 Å². The minimum absolute atomic E-state index is 0.00437. The molecule has 0 saturated heterocycles. The molecule has 0 atom stereocenters. The number of carbonyl (C=O) groups excluding carboxylic acids is 2. The third-order valence-electron chi connectivity index (χ3n) is 4.52. The molecular weight excluding hydrogens is 496 g/mol. The van der Waals surface area contributed by atoms with Crippen molar-refractivity contribution in [2.75, 3.05) is 4.90 Å². The number of carbonyl (C=O) groups is 2. The molecule has 0 aliphatic carbocycles. The van der Waals surface area contributed by atoms with Crippen molar-refractivity contribution in [2.24, 2.45) is 10.9 Å². The molecule has 0 spiro atoms. The van der Waals surface area contributed by atoms with Crippen molar-refractivity contribution >= 4 is 49.3 Å². The van der Waals surface area contributed by atoms with E-state index in [1.807, 2.05) is 0 Å². The molecule has 2 amide bonds. The van der Waals surface area contributed by atoms with Gasteiger partial charge in [-0.05, 0) is 58.7 Å². The lowest BCUT2D eigenvalue weighted by molar-refractivity contribution is -0.116. The van der Waals surface area contributed by atoms with Gasteiger partial charge in [-0.2, -0.15) is 0 Å². The number of aromatic nitrogens is 1. The van der Waals surface area contributed by atoms with Crippen LogP contribution in [-0.4, -0.2) is 25.2 Å². The number of benzene rings is 2. The molecule has 1 aromatic heterocycles. The zero-order valence-corrected chi connectivity index (χ0v) is 19.3. The lowest BCUT2D eigenvalue weighted by atomic mass is 10.0. The van der Waals surface area contributed by atoms with Crippen molar-refractivity contribution in [1.82, 2.24) is 4.98 Å². The quantitative estimate of drug-likeness (QED) is 0.486. The van der Waals surface area contributed by atoms with Crippen LogP contribution in [0.4, 0.5) is 11.5 Å². The second-order valence-electron chi connectivity index (χ2n) is 6.79. The minimum atomic E-state index is -3.92. The second-order valence-corrected chi connectivity index (χ2v) is 9.23. The van der Waals surface area contributed by atoms with E-state index in [0.29, 0.717) is 22.6 Å². The normalized spacial score (nSPS) is 11.8. The van der Waals surface area contributed by atoms with E-state index in [4.69, 9.17) is 10.9 Å². The first-order valence-electron chi connectivity index (χ1n) is 9.24. The number of hydrogen-bond donors (Lipinski definition) is 2. The fourth-order valence-electron chi connectivity index (χ4n) is 2.94. The number of rotatable bonds is 6. The van der Waals surface area contributed by atoms with E-state index in [2.05, 4.69) is 20.9 Å². The number of amides is 2. The molecule has 10 heteroatoms. The van der Waals surface area contributed by atoms with Gasteiger partial charge in [-0.25, -0.2) is 18.5 Å². The van der Waals surface area contributed by atoms with Gasteiger partial charge in [-0.15, -0.1) is 0 Å². The smallest absolute Gasteiger partial charge is 0.257 e. The first-order valence-corrected chi connectivity index (χ1v) is 11.6. The molecule has 0 fully saturated rings. The Bertz CT molecular complexity index is 1300. The van der Waals surface area contributed by atoms with Gasteiger partial charge in [0.1, 0.15) is 5.82 Å². The zero-order chi connectivity index (χ0) is 23.5. The molecule has 32 heavy (non-hydrogen) atoms. The lowest BCUT2D eigenvalue weighted by Crippen LogP contribution is -2.26. The van der Waals surface area contributed by atoms with Gasteiger partial charge >= 0.3 is 0 Å². The third kappa shape index (κ3) is 5.28. The summed E-state index contributed by atoms with van der Waals surface area (Å²) in [7, 11) is -3.92. The SMILES string of the molecule is CC(=CC(=O)N(c1ccc(-c2ccccc2S(N)(=O)=O)cc1)c1ccc(Br)cn1)C(N)=O. The van der Waals surface area contributed by atoms with Crippen LogP contribution in [0.15, 0.2) is 87.9 Å². The van der Waals surface area contributed by atoms with Gasteiger partial charge in [-0.3, -0.25) is 14.5 Å². The van der Waals surface area contributed by atoms with Crippen LogP contribution in [-0.2, 0) is 19.6 Å². The summed E-state index contributed by atoms with van der Waals surface area (Å²) < 4.78 is 24.6. The first-order chi connectivity index (χ1) is 15.1. The van der Waals surface area contributed by atoms with E-state index >= 15 is 0 Å². The van der Waals surface area contributed by atoms with E-state index in [-0.39, 0.29) is 10.5 Å². The highest BCUT2D eigenvalue weighted by Gasteiger charge is 2.20. The Labute approximate surface area is 193 Å². The van der Waals surface area contributed by atoms with Gasteiger partial charge in [0.25, 0.3) is 5.91 Å². The van der Waals surface area contributed by atoms with Crippen LogP contribution in [0, 0.1) is 0 Å². The summed E-state index contributed by atoms with van der Waals surface area (Å²) in [5, 5.41) is 5.33. The highest BCUT2D eigenvalue weighted by molar-refractivity contribution is 9.10. The number of nitrogens with zero attached hydrogens (tertiary/aromatic N) is 2. The molecule has 0 saturated carbocycles. The minimum Gasteiger partial charge on any atom is -0.366 e. The fourth-order valence-corrected chi connectivity index (χ4v) is 3.93. The third-order valence-corrected chi connectivity index (χ3v) is 5.96. The molecular formula is C22H19BrN4O4S. The molecule has 0 unspecified atom stereocenters. The van der Waals surface area contributed by atoms with Gasteiger partial charge < -0.3 is 5.73 Å². The van der Waals surface area contributed by atoms with Crippen LogP contribution in [0.3, 0.4) is 0 Å². The summed E-state index contributed by atoms with van der Waals surface area (Å²) in [6.07, 6.45) is 2.67. The summed E-state index contributed by atoms with van der Waals surface area (Å²) in [6.45, 7) is 1.45. The molecule has 8 nitrogen and oxygen atoms in total. The standard InChI is InChI=1S/C22H19BrN4O4S/c1-14(22(24)29)12-21(28)27(20-11-8-16(23)13-26-20)17-9-6-15(7-10-17)18-4-2-3-5-19(18)32(25,30)31/h2-13H,1H3,(H2,24,29)(H2,25,30,31). The summed E-state index contributed by atoms with van der Waals surface area (Å²) in [5.41, 5.74) is 6.83. The van der Waals surface area contributed by atoms with Crippen LogP contribution in [0.1, 0.15) is 6.92 Å². The van der Waals surface area contributed by atoms with Crippen molar-refractivity contribution < 1.29 is 18.0 Å². The molecule has 0 aliphatic rings. The number of sulfonamides is 1. The number of halogens is 1. The van der Waals surface area contributed by atoms with E-state index in [1.54, 1.807) is 54.6 Å². The molecule has 3 rings (SSSR count). The Kier molecular flexibility index (Phi) is 6.87. The molecule has 2 aromatic carbocycles. The topological polar surface area (TPSA) is 136 Å². The molecule has 4 N–H and O–H groups in total. The molecule has 0 radical (unpaired) electrons. The zero-order valence-electron chi connectivity index (χ0n) is 16.9. The first kappa shape index (κ1) is 23.3. The van der Waals surface area contributed by atoms with Crippen molar-refractivity contribution in [3.63, 3.8) is 0 Å². The van der Waals surface area contributed by atoms with Crippen LogP contribution in [0.25, 0.3) is 11.1 Å². The number of anilines is 2. The molecule has 1 heterocycles. The number of hydrogen-bond acceptors (Lipinski definition) is 5. The number of primary sulfonamides is 1. The maximum absolute atomic E-state index is 13.0. The van der Waals surface area contributed by atoms with Crippen LogP contribution >= 0.6 is 15.9 Å². The highest BCUT2D eigenvalue weighted by Crippen LogP contribution is 2.31. The molecule has 3 aromatic rings. The van der Waals surface area contributed by atoms with Gasteiger partial charge in [0.15, 0.2) is 0 Å². The summed E-state index contributed by atoms with van der Waals surface area (Å²) in [5.74, 6) is -0.907. The molecule has 0 aliphatic heterocycles. The Balaban J connectivity index is 2.08. The molecule has 164 valence electrons. The van der Waals surface area contributed by atoms with Gasteiger partial charge in [-0.1, -0.05) is 30.3 Å². The summed E-state index contributed by atoms with van der Waals surface area (Å²) >= 11 is 3.31. The van der Waals surface area contributed by atoms with E-state index < -0.39 is 21.8 Å². The summed E-state index contributed by atoms with van der Waals surface area (Å²) in [4.78, 5) is 30.0. The van der Waals surface area contributed by atoms with Gasteiger partial charge in [0, 0.05) is 27.9 Å². The van der Waals surface area contributed by atoms with E-state index in [0.717, 1.165) is 10.5 Å². The lowest BCUT2D eigenvalue weighted by Gasteiger charge is -2.21. The van der Waals surface area contributed by atoms with E-state index in [1.165, 1.54) is 24.1 Å². The van der Waals surface area contributed by atoms with Crippen LogP contribution < -0.4 is 15.8 Å². The van der Waals surface area contributed by atoms with Crippen molar-refractivity contribution in [1.29, 1.82) is 0 Å². The van der Waals surface area contributed by atoms with Gasteiger partial charge in [0.05, 0.1) is 10.6 Å². The average Bonchev–Trinajstić information content (AvgIpc) is 2.75. The maximum Gasteiger partial charge on any atom is 0.257 e. The van der Waals surface area contributed by atoms with Crippen LogP contribution in [0.2, 0.25) is 0 Å². The number of nitrogens with two attached hydrogens (primary N) is 2. The second kappa shape index (κ2) is 9.43. The Morgan fingerprint density at radius 3 is 2.25 bits per heavy atom. The monoisotopic (exact) mass is 514 g/mol. The summed E-state index contributed by atoms with van der Waals surface area (Å²) in [6, 6.07) is 16.4. The largest absolute Gasteiger partial charge is 0.366 e. The molecule has 0 bridgehead atoms. The van der Waals surface area contributed by atoms with Crippen LogP contribution in [0.5, 0.6) is 0 Å². The van der Waals surface area contributed by atoms with E-state index in [9.17, 15) is 18.0 Å². The Hall–Kier alpha value is -3.34. The predicted molar refractivity (Wildman–Crippen MR) is 125 cm³/mol.